The molecule has 0 saturated carbocycles. The zero-order chi connectivity index (χ0) is 13.3. The van der Waals surface area contributed by atoms with Crippen LogP contribution in [0.25, 0.3) is 11.4 Å². The number of alkyl halides is 3. The number of hydrogen-bond acceptors (Lipinski definition) is 5. The Morgan fingerprint density at radius 3 is 2.56 bits per heavy atom. The van der Waals surface area contributed by atoms with Crippen molar-refractivity contribution < 1.29 is 22.1 Å². The first-order chi connectivity index (χ1) is 8.41. The second kappa shape index (κ2) is 4.26. The molecular formula is C9H6F4N4O. The average molecular weight is 262 g/mol. The molecule has 2 rings (SSSR count). The van der Waals surface area contributed by atoms with Gasteiger partial charge >= 0.3 is 12.2 Å². The quantitative estimate of drug-likeness (QED) is 0.492. The van der Waals surface area contributed by atoms with E-state index in [-0.39, 0.29) is 6.01 Å². The Hall–Kier alpha value is -2.16. The van der Waals surface area contributed by atoms with Crippen LogP contribution >= 0.6 is 0 Å². The molecule has 1 heterocycles. The van der Waals surface area contributed by atoms with Gasteiger partial charge in [-0.05, 0) is 18.2 Å². The molecule has 2 aromatic rings. The van der Waals surface area contributed by atoms with E-state index in [4.69, 9.17) is 5.84 Å². The zero-order valence-corrected chi connectivity index (χ0v) is 8.62. The van der Waals surface area contributed by atoms with E-state index in [2.05, 4.69) is 14.7 Å². The lowest BCUT2D eigenvalue weighted by Gasteiger charge is -2.09. The molecule has 0 fully saturated rings. The van der Waals surface area contributed by atoms with Gasteiger partial charge in [-0.25, -0.2) is 10.2 Å². The van der Waals surface area contributed by atoms with Crippen LogP contribution in [0.3, 0.4) is 0 Å². The highest BCUT2D eigenvalue weighted by molar-refractivity contribution is 5.61. The molecule has 0 radical (unpaired) electrons. The minimum absolute atomic E-state index is 0.276. The Balaban J connectivity index is 2.58. The van der Waals surface area contributed by atoms with Crippen LogP contribution in [0.4, 0.5) is 23.6 Å². The van der Waals surface area contributed by atoms with Gasteiger partial charge in [-0.2, -0.15) is 18.2 Å². The maximum Gasteiger partial charge on any atom is 0.417 e. The van der Waals surface area contributed by atoms with Gasteiger partial charge in [0.2, 0.25) is 5.82 Å². The van der Waals surface area contributed by atoms with Crippen LogP contribution in [0.15, 0.2) is 22.7 Å². The van der Waals surface area contributed by atoms with Crippen molar-refractivity contribution in [2.75, 3.05) is 5.43 Å². The predicted octanol–water partition coefficient (Wildman–Crippen LogP) is 2.18. The molecule has 18 heavy (non-hydrogen) atoms. The zero-order valence-electron chi connectivity index (χ0n) is 8.62. The number of nitrogens with two attached hydrogens (primary N) is 1. The summed E-state index contributed by atoms with van der Waals surface area (Å²) in [7, 11) is 0. The largest absolute Gasteiger partial charge is 0.417 e. The summed E-state index contributed by atoms with van der Waals surface area (Å²) in [6.07, 6.45) is -4.65. The van der Waals surface area contributed by atoms with Gasteiger partial charge in [0.25, 0.3) is 0 Å². The van der Waals surface area contributed by atoms with Gasteiger partial charge in [-0.1, -0.05) is 5.16 Å². The van der Waals surface area contributed by atoms with Crippen LogP contribution in [0.5, 0.6) is 0 Å². The number of halogens is 4. The van der Waals surface area contributed by atoms with Crippen molar-refractivity contribution in [2.45, 2.75) is 6.18 Å². The standard InChI is InChI=1S/C9H6F4N4O/c10-4-1-2-6(9(11,12)13)5(3-4)7-15-8(16-14)18-17-7/h1-3H,14H2,(H,15,16,17). The summed E-state index contributed by atoms with van der Waals surface area (Å²) in [5.74, 6) is 3.70. The van der Waals surface area contributed by atoms with Crippen molar-refractivity contribution >= 4 is 6.01 Å². The molecule has 1 aromatic heterocycles. The molecule has 0 bridgehead atoms. The van der Waals surface area contributed by atoms with Crippen molar-refractivity contribution in [1.82, 2.24) is 10.1 Å². The second-order valence-electron chi connectivity index (χ2n) is 3.26. The third-order valence-electron chi connectivity index (χ3n) is 2.08. The van der Waals surface area contributed by atoms with Crippen molar-refractivity contribution in [1.29, 1.82) is 0 Å². The monoisotopic (exact) mass is 262 g/mol. The third kappa shape index (κ3) is 2.25. The Bertz CT molecular complexity index is 566. The van der Waals surface area contributed by atoms with Crippen LogP contribution in [-0.4, -0.2) is 10.1 Å². The highest BCUT2D eigenvalue weighted by Gasteiger charge is 2.35. The summed E-state index contributed by atoms with van der Waals surface area (Å²) in [5, 5.41) is 3.28. The third-order valence-corrected chi connectivity index (χ3v) is 2.08. The Labute approximate surface area is 97.6 Å². The minimum Gasteiger partial charge on any atom is -0.314 e. The SMILES string of the molecule is NNc1nc(-c2cc(F)ccc2C(F)(F)F)no1. The van der Waals surface area contributed by atoms with E-state index in [0.717, 1.165) is 0 Å². The number of rotatable bonds is 2. The molecular weight excluding hydrogens is 256 g/mol. The smallest absolute Gasteiger partial charge is 0.314 e. The fourth-order valence-electron chi connectivity index (χ4n) is 1.34. The number of hydrazine groups is 1. The molecule has 96 valence electrons. The normalized spacial score (nSPS) is 11.6. The number of hydrogen-bond donors (Lipinski definition) is 2. The molecule has 0 atom stereocenters. The van der Waals surface area contributed by atoms with Gasteiger partial charge in [0, 0.05) is 5.56 Å². The number of nitrogen functional groups attached to an aromatic ring is 1. The van der Waals surface area contributed by atoms with Gasteiger partial charge in [0.15, 0.2) is 0 Å². The second-order valence-corrected chi connectivity index (χ2v) is 3.26. The molecule has 5 nitrogen and oxygen atoms in total. The summed E-state index contributed by atoms with van der Waals surface area (Å²) in [6.45, 7) is 0. The number of nitrogens with zero attached hydrogens (tertiary/aromatic N) is 2. The van der Waals surface area contributed by atoms with E-state index in [9.17, 15) is 17.6 Å². The van der Waals surface area contributed by atoms with Crippen molar-refractivity contribution in [3.63, 3.8) is 0 Å². The first-order valence-corrected chi connectivity index (χ1v) is 4.59. The minimum atomic E-state index is -4.65. The lowest BCUT2D eigenvalue weighted by atomic mass is 10.1. The average Bonchev–Trinajstić information content (AvgIpc) is 2.75. The van der Waals surface area contributed by atoms with Crippen molar-refractivity contribution in [3.05, 3.63) is 29.6 Å². The molecule has 0 aliphatic rings. The maximum atomic E-state index is 13.0. The fourth-order valence-corrected chi connectivity index (χ4v) is 1.34. The first-order valence-electron chi connectivity index (χ1n) is 4.59. The highest BCUT2D eigenvalue weighted by atomic mass is 19.4. The van der Waals surface area contributed by atoms with Crippen LogP contribution in [0.2, 0.25) is 0 Å². The number of aromatic nitrogens is 2. The molecule has 0 aliphatic heterocycles. The van der Waals surface area contributed by atoms with Crippen molar-refractivity contribution in [2.24, 2.45) is 5.84 Å². The van der Waals surface area contributed by atoms with Gasteiger partial charge in [-0.15, -0.1) is 0 Å². The van der Waals surface area contributed by atoms with Crippen LogP contribution in [0.1, 0.15) is 5.56 Å². The summed E-state index contributed by atoms with van der Waals surface area (Å²) in [6, 6.07) is 1.71. The van der Waals surface area contributed by atoms with Crippen molar-refractivity contribution in [3.8, 4) is 11.4 Å². The Kier molecular flexibility index (Phi) is 2.91. The summed E-state index contributed by atoms with van der Waals surface area (Å²) in [5.41, 5.74) is 0.392. The van der Waals surface area contributed by atoms with E-state index >= 15 is 0 Å². The number of anilines is 1. The molecule has 0 amide bonds. The molecule has 0 saturated heterocycles. The molecule has 1 aromatic carbocycles. The van der Waals surface area contributed by atoms with E-state index < -0.39 is 28.9 Å². The van der Waals surface area contributed by atoms with E-state index in [1.54, 1.807) is 0 Å². The van der Waals surface area contributed by atoms with Gasteiger partial charge in [0.05, 0.1) is 5.56 Å². The fraction of sp³-hybridized carbons (Fsp3) is 0.111. The predicted molar refractivity (Wildman–Crippen MR) is 52.5 cm³/mol. The number of nitrogens with one attached hydrogen (secondary N) is 1. The molecule has 0 unspecified atom stereocenters. The highest BCUT2D eigenvalue weighted by Crippen LogP contribution is 2.36. The van der Waals surface area contributed by atoms with Crippen LogP contribution in [0, 0.1) is 5.82 Å². The lowest BCUT2D eigenvalue weighted by Crippen LogP contribution is -2.08. The molecule has 0 spiro atoms. The van der Waals surface area contributed by atoms with Gasteiger partial charge < -0.3 is 4.52 Å². The maximum absolute atomic E-state index is 13.0. The summed E-state index contributed by atoms with van der Waals surface area (Å²) >= 11 is 0. The van der Waals surface area contributed by atoms with Gasteiger partial charge in [0.1, 0.15) is 5.82 Å². The molecule has 0 aliphatic carbocycles. The first kappa shape index (κ1) is 12.3. The molecule has 3 N–H and O–H groups in total. The summed E-state index contributed by atoms with van der Waals surface area (Å²) in [4.78, 5) is 3.53. The van der Waals surface area contributed by atoms with E-state index in [0.29, 0.717) is 18.2 Å². The number of benzene rings is 1. The topological polar surface area (TPSA) is 77.0 Å². The Morgan fingerprint density at radius 2 is 2.00 bits per heavy atom. The van der Waals surface area contributed by atoms with Crippen LogP contribution < -0.4 is 11.3 Å². The summed E-state index contributed by atoms with van der Waals surface area (Å²) < 4.78 is 55.6. The van der Waals surface area contributed by atoms with E-state index in [1.807, 2.05) is 5.43 Å². The Morgan fingerprint density at radius 1 is 1.28 bits per heavy atom. The lowest BCUT2D eigenvalue weighted by molar-refractivity contribution is -0.137. The van der Waals surface area contributed by atoms with Crippen LogP contribution in [-0.2, 0) is 6.18 Å². The van der Waals surface area contributed by atoms with Gasteiger partial charge in [-0.3, -0.25) is 5.43 Å². The molecule has 9 heteroatoms. The van der Waals surface area contributed by atoms with E-state index in [1.165, 1.54) is 0 Å².